The molecular weight excluding hydrogens is 268 g/mol. The molecule has 2 nitrogen and oxygen atoms in total. The molecule has 0 bridgehead atoms. The molecule has 0 spiro atoms. The lowest BCUT2D eigenvalue weighted by molar-refractivity contribution is -0.734. The zero-order chi connectivity index (χ0) is 13.7. The van der Waals surface area contributed by atoms with Crippen molar-refractivity contribution in [2.24, 2.45) is 7.05 Å². The van der Waals surface area contributed by atoms with E-state index in [4.69, 9.17) is 11.6 Å². The Hall–Kier alpha value is -2.06. The number of benzene rings is 2. The number of nitrogens with zero attached hydrogens (tertiary/aromatic N) is 2. The van der Waals surface area contributed by atoms with Gasteiger partial charge in [-0.1, -0.05) is 29.8 Å². The van der Waals surface area contributed by atoms with Crippen LogP contribution in [0.1, 0.15) is 11.3 Å². The molecule has 98 valence electrons. The first-order valence-electron chi connectivity index (χ1n) is 6.69. The van der Waals surface area contributed by atoms with Gasteiger partial charge < -0.3 is 0 Å². The molecule has 1 aliphatic heterocycles. The first-order chi connectivity index (χ1) is 9.74. The molecule has 2 heterocycles. The van der Waals surface area contributed by atoms with Crippen molar-refractivity contribution in [1.82, 2.24) is 4.68 Å². The van der Waals surface area contributed by atoms with E-state index in [1.165, 1.54) is 28.2 Å². The zero-order valence-electron chi connectivity index (χ0n) is 11.2. The maximum Gasteiger partial charge on any atom is 0.239 e. The van der Waals surface area contributed by atoms with E-state index in [0.717, 1.165) is 11.4 Å². The molecule has 0 atom stereocenters. The van der Waals surface area contributed by atoms with Crippen molar-refractivity contribution in [3.05, 3.63) is 70.9 Å². The Bertz CT molecular complexity index is 800. The molecule has 1 aromatic heterocycles. The van der Waals surface area contributed by atoms with E-state index in [1.807, 2.05) is 12.1 Å². The molecule has 0 saturated heterocycles. The van der Waals surface area contributed by atoms with Crippen LogP contribution in [0.4, 0.5) is 0 Å². The molecule has 4 rings (SSSR count). The van der Waals surface area contributed by atoms with Crippen LogP contribution in [0.25, 0.3) is 16.9 Å². The van der Waals surface area contributed by atoms with E-state index >= 15 is 0 Å². The summed E-state index contributed by atoms with van der Waals surface area (Å²) in [7, 11) is 2.11. The molecule has 0 unspecified atom stereocenters. The molecule has 20 heavy (non-hydrogen) atoms. The van der Waals surface area contributed by atoms with Gasteiger partial charge in [-0.05, 0) is 35.9 Å². The standard InChI is InChI=1S/C17H14ClN2/c1-19-17(12-6-8-14(18)9-7-12)11-15-10-13-4-2-3-5-16(13)20(15)19/h2-9,11H,10H2,1H3/q+1. The maximum absolute atomic E-state index is 5.97. The van der Waals surface area contributed by atoms with Crippen molar-refractivity contribution >= 4 is 11.6 Å². The van der Waals surface area contributed by atoms with Crippen LogP contribution in [0.2, 0.25) is 5.02 Å². The van der Waals surface area contributed by atoms with Gasteiger partial charge in [0.05, 0.1) is 5.69 Å². The highest BCUT2D eigenvalue weighted by Gasteiger charge is 2.28. The fourth-order valence-electron chi connectivity index (χ4n) is 3.01. The van der Waals surface area contributed by atoms with Crippen LogP contribution in [0.15, 0.2) is 54.6 Å². The Morgan fingerprint density at radius 1 is 1.05 bits per heavy atom. The quantitative estimate of drug-likeness (QED) is 0.472. The number of hydrogen-bond acceptors (Lipinski definition) is 0. The summed E-state index contributed by atoms with van der Waals surface area (Å²) < 4.78 is 4.50. The van der Waals surface area contributed by atoms with Gasteiger partial charge in [0.2, 0.25) is 5.69 Å². The van der Waals surface area contributed by atoms with Crippen molar-refractivity contribution in [3.8, 4) is 16.9 Å². The maximum atomic E-state index is 5.97. The first kappa shape index (κ1) is 11.7. The van der Waals surface area contributed by atoms with Crippen molar-refractivity contribution in [1.29, 1.82) is 0 Å². The van der Waals surface area contributed by atoms with Crippen LogP contribution in [0.3, 0.4) is 0 Å². The lowest BCUT2D eigenvalue weighted by Crippen LogP contribution is -2.39. The average molecular weight is 282 g/mol. The minimum Gasteiger partial charge on any atom is -0.124 e. The number of halogens is 1. The fraction of sp³-hybridized carbons (Fsp3) is 0.118. The summed E-state index contributed by atoms with van der Waals surface area (Å²) in [6.07, 6.45) is 0.998. The van der Waals surface area contributed by atoms with Crippen LogP contribution in [-0.4, -0.2) is 4.68 Å². The van der Waals surface area contributed by atoms with Crippen LogP contribution in [0.5, 0.6) is 0 Å². The van der Waals surface area contributed by atoms with Gasteiger partial charge >= 0.3 is 0 Å². The number of fused-ring (bicyclic) bond motifs is 3. The smallest absolute Gasteiger partial charge is 0.124 e. The summed E-state index contributed by atoms with van der Waals surface area (Å²) in [6.45, 7) is 0. The van der Waals surface area contributed by atoms with Gasteiger partial charge in [-0.25, -0.2) is 0 Å². The summed E-state index contributed by atoms with van der Waals surface area (Å²) >= 11 is 5.97. The van der Waals surface area contributed by atoms with E-state index in [9.17, 15) is 0 Å². The van der Waals surface area contributed by atoms with Crippen molar-refractivity contribution in [2.75, 3.05) is 0 Å². The van der Waals surface area contributed by atoms with Crippen LogP contribution in [-0.2, 0) is 13.5 Å². The second-order valence-electron chi connectivity index (χ2n) is 5.17. The molecule has 0 radical (unpaired) electrons. The molecule has 1 aliphatic rings. The Morgan fingerprint density at radius 3 is 2.60 bits per heavy atom. The number of aromatic nitrogens is 2. The largest absolute Gasteiger partial charge is 0.239 e. The van der Waals surface area contributed by atoms with Crippen molar-refractivity contribution in [3.63, 3.8) is 0 Å². The molecule has 3 heteroatoms. The summed E-state index contributed by atoms with van der Waals surface area (Å²) in [4.78, 5) is 0. The van der Waals surface area contributed by atoms with Gasteiger partial charge in [0, 0.05) is 23.1 Å². The highest BCUT2D eigenvalue weighted by atomic mass is 35.5. The fourth-order valence-corrected chi connectivity index (χ4v) is 3.13. The molecule has 2 aromatic carbocycles. The Labute approximate surface area is 122 Å². The Morgan fingerprint density at radius 2 is 1.80 bits per heavy atom. The minimum absolute atomic E-state index is 0.772. The van der Waals surface area contributed by atoms with Crippen molar-refractivity contribution < 1.29 is 4.68 Å². The molecule has 3 aromatic rings. The SMILES string of the molecule is C[n+]1c(-c2ccc(Cl)cc2)cc2n1-c1ccccc1C2. The summed E-state index contributed by atoms with van der Waals surface area (Å²) in [5.74, 6) is 0. The van der Waals surface area contributed by atoms with E-state index < -0.39 is 0 Å². The average Bonchev–Trinajstić information content (AvgIpc) is 2.97. The van der Waals surface area contributed by atoms with Crippen LogP contribution >= 0.6 is 11.6 Å². The summed E-state index contributed by atoms with van der Waals surface area (Å²) in [5.41, 5.74) is 6.41. The molecule has 0 fully saturated rings. The van der Waals surface area contributed by atoms with Crippen molar-refractivity contribution in [2.45, 2.75) is 6.42 Å². The van der Waals surface area contributed by atoms with E-state index in [2.05, 4.69) is 58.9 Å². The van der Waals surface area contributed by atoms with Gasteiger partial charge in [-0.3, -0.25) is 0 Å². The summed E-state index contributed by atoms with van der Waals surface area (Å²) in [5, 5.41) is 0.772. The van der Waals surface area contributed by atoms with Gasteiger partial charge in [-0.2, -0.15) is 0 Å². The monoisotopic (exact) mass is 281 g/mol. The van der Waals surface area contributed by atoms with E-state index in [0.29, 0.717) is 0 Å². The number of para-hydroxylation sites is 1. The van der Waals surface area contributed by atoms with Gasteiger partial charge in [0.25, 0.3) is 0 Å². The zero-order valence-corrected chi connectivity index (χ0v) is 11.9. The highest BCUT2D eigenvalue weighted by molar-refractivity contribution is 6.30. The van der Waals surface area contributed by atoms with E-state index in [1.54, 1.807) is 0 Å². The normalized spacial score (nSPS) is 12.3. The number of hydrogen-bond donors (Lipinski definition) is 0. The molecule has 0 aliphatic carbocycles. The van der Waals surface area contributed by atoms with E-state index in [-0.39, 0.29) is 0 Å². The second-order valence-corrected chi connectivity index (χ2v) is 5.61. The predicted octanol–water partition coefficient (Wildman–Crippen LogP) is 3.53. The molecule has 0 N–H and O–H groups in total. The lowest BCUT2D eigenvalue weighted by Gasteiger charge is -2.01. The van der Waals surface area contributed by atoms with Crippen LogP contribution in [0, 0.1) is 0 Å². The third-order valence-electron chi connectivity index (χ3n) is 3.96. The second kappa shape index (κ2) is 4.22. The highest BCUT2D eigenvalue weighted by Crippen LogP contribution is 2.29. The van der Waals surface area contributed by atoms with Gasteiger partial charge in [0.15, 0.2) is 7.05 Å². The molecule has 0 amide bonds. The lowest BCUT2D eigenvalue weighted by atomic mass is 10.1. The van der Waals surface area contributed by atoms with Gasteiger partial charge in [0.1, 0.15) is 5.69 Å². The third-order valence-corrected chi connectivity index (χ3v) is 4.21. The van der Waals surface area contributed by atoms with Gasteiger partial charge in [-0.15, -0.1) is 9.36 Å². The summed E-state index contributed by atoms with van der Waals surface area (Å²) in [6, 6.07) is 18.9. The number of rotatable bonds is 1. The first-order valence-corrected chi connectivity index (χ1v) is 7.07. The minimum atomic E-state index is 0.772. The molecule has 0 saturated carbocycles. The predicted molar refractivity (Wildman–Crippen MR) is 80.2 cm³/mol. The third kappa shape index (κ3) is 1.61. The molecular formula is C17H14ClN2+. The van der Waals surface area contributed by atoms with Crippen LogP contribution < -0.4 is 4.68 Å². The topological polar surface area (TPSA) is 8.81 Å². The Kier molecular flexibility index (Phi) is 2.48. The Balaban J connectivity index is 1.90.